The highest BCUT2D eigenvalue weighted by Crippen LogP contribution is 2.25. The van der Waals surface area contributed by atoms with Crippen molar-refractivity contribution in [3.63, 3.8) is 0 Å². The van der Waals surface area contributed by atoms with Crippen LogP contribution >= 0.6 is 27.7 Å². The molecule has 0 bridgehead atoms. The van der Waals surface area contributed by atoms with Crippen LogP contribution in [0.3, 0.4) is 0 Å². The van der Waals surface area contributed by atoms with E-state index in [1.807, 2.05) is 6.07 Å². The number of benzene rings is 1. The molecule has 1 aromatic carbocycles. The minimum atomic E-state index is 0.343. The van der Waals surface area contributed by atoms with E-state index < -0.39 is 0 Å². The van der Waals surface area contributed by atoms with Crippen molar-refractivity contribution in [2.75, 3.05) is 0 Å². The predicted molar refractivity (Wildman–Crippen MR) is 84.6 cm³/mol. The molecule has 2 rings (SSSR count). The van der Waals surface area contributed by atoms with Gasteiger partial charge in [-0.3, -0.25) is 0 Å². The monoisotopic (exact) mass is 336 g/mol. The molecule has 0 fully saturated rings. The molecule has 0 aliphatic heterocycles. The molecule has 100 valence electrons. The Morgan fingerprint density at radius 3 is 2.68 bits per heavy atom. The minimum Gasteiger partial charge on any atom is -0.226 e. The summed E-state index contributed by atoms with van der Waals surface area (Å²) in [5.74, 6) is 2.17. The van der Waals surface area contributed by atoms with Crippen LogP contribution in [0.25, 0.3) is 0 Å². The van der Waals surface area contributed by atoms with E-state index in [9.17, 15) is 0 Å². The van der Waals surface area contributed by atoms with E-state index in [0.29, 0.717) is 5.92 Å². The van der Waals surface area contributed by atoms with Crippen LogP contribution in [-0.2, 0) is 5.75 Å². The molecule has 19 heavy (non-hydrogen) atoms. The number of rotatable bonds is 4. The minimum absolute atomic E-state index is 0.343. The van der Waals surface area contributed by atoms with Gasteiger partial charge in [-0.25, -0.2) is 9.97 Å². The van der Waals surface area contributed by atoms with Crippen molar-refractivity contribution < 1.29 is 0 Å². The number of hydrogen-bond donors (Lipinski definition) is 0. The van der Waals surface area contributed by atoms with Crippen LogP contribution in [0.1, 0.15) is 36.7 Å². The smallest absolute Gasteiger partial charge is 0.133 e. The van der Waals surface area contributed by atoms with Crippen molar-refractivity contribution in [1.82, 2.24) is 9.97 Å². The Kier molecular flexibility index (Phi) is 4.99. The molecule has 0 atom stereocenters. The van der Waals surface area contributed by atoms with Gasteiger partial charge in [0.05, 0.1) is 0 Å². The fourth-order valence-electron chi connectivity index (χ4n) is 1.71. The van der Waals surface area contributed by atoms with Gasteiger partial charge in [0.1, 0.15) is 15.5 Å². The molecule has 0 saturated heterocycles. The van der Waals surface area contributed by atoms with Crippen LogP contribution in [0.5, 0.6) is 0 Å². The lowest BCUT2D eigenvalue weighted by Gasteiger charge is -2.07. The Labute approximate surface area is 127 Å². The lowest BCUT2D eigenvalue weighted by atomic mass is 10.2. The van der Waals surface area contributed by atoms with Crippen molar-refractivity contribution in [1.29, 1.82) is 0 Å². The van der Waals surface area contributed by atoms with Crippen LogP contribution in [0.4, 0.5) is 0 Å². The van der Waals surface area contributed by atoms with Crippen molar-refractivity contribution in [3.05, 3.63) is 51.9 Å². The first-order valence-electron chi connectivity index (χ1n) is 6.27. The molecule has 0 aliphatic rings. The summed E-state index contributed by atoms with van der Waals surface area (Å²) >= 11 is 5.20. The van der Waals surface area contributed by atoms with Gasteiger partial charge in [0.2, 0.25) is 0 Å². The summed E-state index contributed by atoms with van der Waals surface area (Å²) in [5, 5.41) is 1.02. The summed E-state index contributed by atoms with van der Waals surface area (Å²) in [4.78, 5) is 8.99. The maximum Gasteiger partial charge on any atom is 0.133 e. The van der Waals surface area contributed by atoms with Crippen LogP contribution in [0.15, 0.2) is 40.0 Å². The standard InChI is InChI=1S/C15H17BrN2S/c1-10(2)15-17-13(16)8-14(18-15)19-9-12-6-4-5-11(3)7-12/h4-8,10H,9H2,1-3H3. The Bertz CT molecular complexity index is 570. The molecule has 1 aromatic heterocycles. The van der Waals surface area contributed by atoms with E-state index in [4.69, 9.17) is 0 Å². The summed E-state index contributed by atoms with van der Waals surface area (Å²) < 4.78 is 0.859. The fourth-order valence-corrected chi connectivity index (χ4v) is 3.10. The highest BCUT2D eigenvalue weighted by Gasteiger charge is 2.07. The second-order valence-corrected chi connectivity index (χ2v) is 6.63. The molecular weight excluding hydrogens is 320 g/mol. The zero-order valence-corrected chi connectivity index (χ0v) is 13.8. The number of thioether (sulfide) groups is 1. The second-order valence-electron chi connectivity index (χ2n) is 4.82. The molecule has 0 amide bonds. The molecule has 0 N–H and O–H groups in total. The highest BCUT2D eigenvalue weighted by atomic mass is 79.9. The Hall–Kier alpha value is -0.870. The number of halogens is 1. The van der Waals surface area contributed by atoms with E-state index in [-0.39, 0.29) is 0 Å². The molecular formula is C15H17BrN2S. The zero-order valence-electron chi connectivity index (χ0n) is 11.4. The molecule has 0 spiro atoms. The van der Waals surface area contributed by atoms with Gasteiger partial charge in [-0.2, -0.15) is 0 Å². The van der Waals surface area contributed by atoms with Crippen LogP contribution in [0.2, 0.25) is 0 Å². The Morgan fingerprint density at radius 1 is 1.21 bits per heavy atom. The van der Waals surface area contributed by atoms with E-state index >= 15 is 0 Å². The number of aromatic nitrogens is 2. The molecule has 0 aliphatic carbocycles. The third-order valence-corrected chi connectivity index (χ3v) is 4.06. The molecule has 1 heterocycles. The Morgan fingerprint density at radius 2 is 2.00 bits per heavy atom. The summed E-state index contributed by atoms with van der Waals surface area (Å²) in [6.45, 7) is 6.33. The van der Waals surface area contributed by atoms with Crippen molar-refractivity contribution in [2.45, 2.75) is 37.5 Å². The van der Waals surface area contributed by atoms with Gasteiger partial charge in [0, 0.05) is 17.7 Å². The second kappa shape index (κ2) is 6.53. The van der Waals surface area contributed by atoms with Crippen molar-refractivity contribution >= 4 is 27.7 Å². The molecule has 0 unspecified atom stereocenters. The molecule has 0 saturated carbocycles. The van der Waals surface area contributed by atoms with Crippen molar-refractivity contribution in [3.8, 4) is 0 Å². The average molecular weight is 337 g/mol. The first-order chi connectivity index (χ1) is 9.04. The predicted octanol–water partition coefficient (Wildman–Crippen LogP) is 4.96. The highest BCUT2D eigenvalue weighted by molar-refractivity contribution is 9.10. The molecule has 2 nitrogen and oxygen atoms in total. The molecule has 2 aromatic rings. The van der Waals surface area contributed by atoms with Gasteiger partial charge in [-0.1, -0.05) is 43.7 Å². The van der Waals surface area contributed by atoms with E-state index in [1.165, 1.54) is 11.1 Å². The first kappa shape index (κ1) is 14.5. The third kappa shape index (κ3) is 4.32. The van der Waals surface area contributed by atoms with E-state index in [0.717, 1.165) is 21.2 Å². The topological polar surface area (TPSA) is 25.8 Å². The zero-order chi connectivity index (χ0) is 13.8. The van der Waals surface area contributed by atoms with Gasteiger partial charge >= 0.3 is 0 Å². The first-order valence-corrected chi connectivity index (χ1v) is 8.05. The van der Waals surface area contributed by atoms with Gasteiger partial charge < -0.3 is 0 Å². The maximum atomic E-state index is 4.59. The number of nitrogens with zero attached hydrogens (tertiary/aromatic N) is 2. The number of hydrogen-bond acceptors (Lipinski definition) is 3. The SMILES string of the molecule is Cc1cccc(CSc2cc(Br)nc(C(C)C)n2)c1. The van der Waals surface area contributed by atoms with Gasteiger partial charge in [-0.05, 0) is 28.4 Å². The quantitative estimate of drug-likeness (QED) is 0.582. The normalized spacial score (nSPS) is 11.0. The van der Waals surface area contributed by atoms with E-state index in [1.54, 1.807) is 11.8 Å². The van der Waals surface area contributed by atoms with Crippen LogP contribution < -0.4 is 0 Å². The summed E-state index contributed by atoms with van der Waals surface area (Å²) in [6.07, 6.45) is 0. The average Bonchev–Trinajstić information content (AvgIpc) is 2.36. The lowest BCUT2D eigenvalue weighted by Crippen LogP contribution is -1.99. The fraction of sp³-hybridized carbons (Fsp3) is 0.333. The van der Waals surface area contributed by atoms with Gasteiger partial charge in [0.25, 0.3) is 0 Å². The maximum absolute atomic E-state index is 4.59. The van der Waals surface area contributed by atoms with Crippen molar-refractivity contribution in [2.24, 2.45) is 0 Å². The van der Waals surface area contributed by atoms with E-state index in [2.05, 4.69) is 70.9 Å². The number of aryl methyl sites for hydroxylation is 1. The van der Waals surface area contributed by atoms with Gasteiger partial charge in [0.15, 0.2) is 0 Å². The molecule has 0 radical (unpaired) electrons. The summed E-state index contributed by atoms with van der Waals surface area (Å²) in [7, 11) is 0. The third-order valence-electron chi connectivity index (χ3n) is 2.67. The lowest BCUT2D eigenvalue weighted by molar-refractivity contribution is 0.747. The molecule has 4 heteroatoms. The van der Waals surface area contributed by atoms with Gasteiger partial charge in [-0.15, -0.1) is 11.8 Å². The Balaban J connectivity index is 2.11. The van der Waals surface area contributed by atoms with Crippen LogP contribution in [-0.4, -0.2) is 9.97 Å². The summed E-state index contributed by atoms with van der Waals surface area (Å²) in [6, 6.07) is 10.6. The van der Waals surface area contributed by atoms with Crippen LogP contribution in [0, 0.1) is 6.92 Å². The largest absolute Gasteiger partial charge is 0.226 e. The summed E-state index contributed by atoms with van der Waals surface area (Å²) in [5.41, 5.74) is 2.62.